The van der Waals surface area contributed by atoms with E-state index in [2.05, 4.69) is 0 Å². The first-order valence-electron chi connectivity index (χ1n) is 5.55. The van der Waals surface area contributed by atoms with Crippen molar-refractivity contribution in [1.82, 2.24) is 0 Å². The summed E-state index contributed by atoms with van der Waals surface area (Å²) < 4.78 is 11.3. The summed E-state index contributed by atoms with van der Waals surface area (Å²) in [6.07, 6.45) is 1.66. The summed E-state index contributed by atoms with van der Waals surface area (Å²) in [6.45, 7) is 2.40. The van der Waals surface area contributed by atoms with Crippen molar-refractivity contribution >= 4 is 0 Å². The van der Waals surface area contributed by atoms with E-state index in [1.54, 1.807) is 0 Å². The van der Waals surface area contributed by atoms with E-state index in [1.165, 1.54) is 0 Å². The third-order valence-corrected chi connectivity index (χ3v) is 2.93. The quantitative estimate of drug-likeness (QED) is 0.736. The number of allylic oxidation sites excluding steroid dienone is 1. The molecule has 0 saturated heterocycles. The zero-order valence-corrected chi connectivity index (χ0v) is 9.19. The van der Waals surface area contributed by atoms with Crippen LogP contribution in [0.4, 0.5) is 0 Å². The summed E-state index contributed by atoms with van der Waals surface area (Å²) in [6, 6.07) is 5.83. The van der Waals surface area contributed by atoms with E-state index in [1.807, 2.05) is 25.1 Å². The maximum Gasteiger partial charge on any atom is 0.189 e. The van der Waals surface area contributed by atoms with Crippen molar-refractivity contribution in [2.24, 2.45) is 0 Å². The van der Waals surface area contributed by atoms with Crippen LogP contribution in [0.3, 0.4) is 0 Å². The number of aliphatic hydroxyl groups excluding tert-OH is 1. The van der Waals surface area contributed by atoms with Gasteiger partial charge in [-0.15, -0.1) is 0 Å². The van der Waals surface area contributed by atoms with Crippen LogP contribution in [-0.2, 0) is 0 Å². The Labute approximate surface area is 94.3 Å². The lowest BCUT2D eigenvalue weighted by Crippen LogP contribution is -2.31. The highest BCUT2D eigenvalue weighted by Crippen LogP contribution is 2.37. The van der Waals surface area contributed by atoms with Crippen LogP contribution in [0.5, 0.6) is 11.5 Å². The molecule has 0 amide bonds. The molecule has 1 fully saturated rings. The second-order valence-electron chi connectivity index (χ2n) is 4.36. The predicted molar refractivity (Wildman–Crippen MR) is 60.0 cm³/mol. The molecule has 1 N–H and O–H groups in total. The highest BCUT2D eigenvalue weighted by Gasteiger charge is 2.29. The van der Waals surface area contributed by atoms with E-state index in [9.17, 15) is 5.11 Å². The molecule has 3 rings (SSSR count). The average molecular weight is 218 g/mol. The molecule has 1 aliphatic heterocycles. The molecule has 1 aliphatic carbocycles. The molecule has 0 spiro atoms. The Morgan fingerprint density at radius 2 is 2.12 bits per heavy atom. The van der Waals surface area contributed by atoms with Crippen LogP contribution in [-0.4, -0.2) is 17.8 Å². The van der Waals surface area contributed by atoms with E-state index in [0.717, 1.165) is 35.5 Å². The SMILES string of the molecule is Cc1ccc2c(c1)OC(C(O)=C1CC1)CO2. The summed E-state index contributed by atoms with van der Waals surface area (Å²) in [7, 11) is 0. The Kier molecular flexibility index (Phi) is 2.06. The zero-order chi connectivity index (χ0) is 11.1. The number of fused-ring (bicyclic) bond motifs is 1. The lowest BCUT2D eigenvalue weighted by Gasteiger charge is -2.26. The molecular weight excluding hydrogens is 204 g/mol. The largest absolute Gasteiger partial charge is 0.508 e. The van der Waals surface area contributed by atoms with Crippen molar-refractivity contribution < 1.29 is 14.6 Å². The normalized spacial score (nSPS) is 21.8. The van der Waals surface area contributed by atoms with Crippen molar-refractivity contribution in [2.45, 2.75) is 25.9 Å². The lowest BCUT2D eigenvalue weighted by molar-refractivity contribution is 0.0834. The fraction of sp³-hybridized carbons (Fsp3) is 0.385. The van der Waals surface area contributed by atoms with Gasteiger partial charge in [-0.1, -0.05) is 6.07 Å². The number of ether oxygens (including phenoxy) is 2. The van der Waals surface area contributed by atoms with Crippen molar-refractivity contribution in [2.75, 3.05) is 6.61 Å². The Morgan fingerprint density at radius 1 is 1.31 bits per heavy atom. The first-order chi connectivity index (χ1) is 7.74. The summed E-state index contributed by atoms with van der Waals surface area (Å²) >= 11 is 0. The van der Waals surface area contributed by atoms with Crippen LogP contribution in [0.25, 0.3) is 0 Å². The van der Waals surface area contributed by atoms with E-state index in [0.29, 0.717) is 12.4 Å². The minimum Gasteiger partial charge on any atom is -0.508 e. The zero-order valence-electron chi connectivity index (χ0n) is 9.19. The number of aryl methyl sites for hydroxylation is 1. The van der Waals surface area contributed by atoms with Gasteiger partial charge in [-0.3, -0.25) is 0 Å². The first kappa shape index (κ1) is 9.58. The van der Waals surface area contributed by atoms with Crippen molar-refractivity contribution in [3.05, 3.63) is 35.1 Å². The maximum atomic E-state index is 9.88. The molecule has 1 atom stereocenters. The molecule has 16 heavy (non-hydrogen) atoms. The molecule has 3 nitrogen and oxygen atoms in total. The summed E-state index contributed by atoms with van der Waals surface area (Å²) in [4.78, 5) is 0. The summed E-state index contributed by atoms with van der Waals surface area (Å²) in [5.74, 6) is 1.85. The highest BCUT2D eigenvalue weighted by molar-refractivity contribution is 5.44. The minimum absolute atomic E-state index is 0.327. The fourth-order valence-electron chi connectivity index (χ4n) is 1.86. The second-order valence-corrected chi connectivity index (χ2v) is 4.36. The van der Waals surface area contributed by atoms with E-state index in [4.69, 9.17) is 9.47 Å². The predicted octanol–water partition coefficient (Wildman–Crippen LogP) is 2.74. The smallest absolute Gasteiger partial charge is 0.189 e. The van der Waals surface area contributed by atoms with Gasteiger partial charge in [0.1, 0.15) is 12.4 Å². The topological polar surface area (TPSA) is 38.7 Å². The van der Waals surface area contributed by atoms with Gasteiger partial charge in [0, 0.05) is 0 Å². The maximum absolute atomic E-state index is 9.88. The summed E-state index contributed by atoms with van der Waals surface area (Å²) in [5.41, 5.74) is 2.23. The number of hydrogen-bond acceptors (Lipinski definition) is 3. The van der Waals surface area contributed by atoms with Crippen LogP contribution >= 0.6 is 0 Å². The second kappa shape index (κ2) is 3.44. The van der Waals surface area contributed by atoms with Crippen molar-refractivity contribution in [1.29, 1.82) is 0 Å². The number of hydrogen-bond donors (Lipinski definition) is 1. The minimum atomic E-state index is -0.327. The van der Waals surface area contributed by atoms with Crippen LogP contribution < -0.4 is 9.47 Å². The molecule has 2 aliphatic rings. The number of aliphatic hydroxyl groups is 1. The van der Waals surface area contributed by atoms with Crippen LogP contribution in [0, 0.1) is 6.92 Å². The molecule has 1 saturated carbocycles. The monoisotopic (exact) mass is 218 g/mol. The Balaban J connectivity index is 1.88. The standard InChI is InChI=1S/C13H14O3/c1-8-2-5-10-11(6-8)16-12(7-15-10)13(14)9-3-4-9/h2,5-6,12,14H,3-4,7H2,1H3. The summed E-state index contributed by atoms with van der Waals surface area (Å²) in [5, 5.41) is 9.88. The molecule has 1 aromatic carbocycles. The van der Waals surface area contributed by atoms with Crippen molar-refractivity contribution in [3.63, 3.8) is 0 Å². The first-order valence-corrected chi connectivity index (χ1v) is 5.55. The van der Waals surface area contributed by atoms with E-state index in [-0.39, 0.29) is 6.10 Å². The third-order valence-electron chi connectivity index (χ3n) is 2.93. The Bertz CT molecular complexity index is 456. The number of benzene rings is 1. The molecule has 0 radical (unpaired) electrons. The molecule has 1 heterocycles. The van der Waals surface area contributed by atoms with Crippen LogP contribution in [0.2, 0.25) is 0 Å². The van der Waals surface area contributed by atoms with Gasteiger partial charge in [0.05, 0.1) is 0 Å². The lowest BCUT2D eigenvalue weighted by atomic mass is 10.2. The average Bonchev–Trinajstić information content (AvgIpc) is 3.11. The van der Waals surface area contributed by atoms with Gasteiger partial charge in [-0.25, -0.2) is 0 Å². The molecule has 3 heteroatoms. The van der Waals surface area contributed by atoms with Gasteiger partial charge in [-0.2, -0.15) is 0 Å². The van der Waals surface area contributed by atoms with Gasteiger partial charge < -0.3 is 14.6 Å². The van der Waals surface area contributed by atoms with Gasteiger partial charge >= 0.3 is 0 Å². The highest BCUT2D eigenvalue weighted by atomic mass is 16.6. The third kappa shape index (κ3) is 1.62. The molecule has 0 bridgehead atoms. The molecule has 1 aromatic rings. The van der Waals surface area contributed by atoms with Crippen LogP contribution in [0.1, 0.15) is 18.4 Å². The Hall–Kier alpha value is -1.64. The number of rotatable bonds is 1. The molecule has 0 aromatic heterocycles. The molecule has 1 unspecified atom stereocenters. The van der Waals surface area contributed by atoms with Gasteiger partial charge in [0.15, 0.2) is 17.6 Å². The van der Waals surface area contributed by atoms with Crippen molar-refractivity contribution in [3.8, 4) is 11.5 Å². The van der Waals surface area contributed by atoms with E-state index >= 15 is 0 Å². The fourth-order valence-corrected chi connectivity index (χ4v) is 1.86. The van der Waals surface area contributed by atoms with Crippen LogP contribution in [0.15, 0.2) is 29.5 Å². The Morgan fingerprint density at radius 3 is 2.88 bits per heavy atom. The molecule has 84 valence electrons. The van der Waals surface area contributed by atoms with Gasteiger partial charge in [0.25, 0.3) is 0 Å². The van der Waals surface area contributed by atoms with Gasteiger partial charge in [-0.05, 0) is 43.0 Å². The van der Waals surface area contributed by atoms with E-state index < -0.39 is 0 Å². The van der Waals surface area contributed by atoms with Gasteiger partial charge in [0.2, 0.25) is 0 Å². The molecular formula is C13H14O3.